The van der Waals surface area contributed by atoms with Gasteiger partial charge in [0.15, 0.2) is 0 Å². The minimum Gasteiger partial charge on any atom is -0.372 e. The molecule has 0 saturated carbocycles. The van der Waals surface area contributed by atoms with Crippen molar-refractivity contribution in [3.63, 3.8) is 0 Å². The summed E-state index contributed by atoms with van der Waals surface area (Å²) in [5.41, 5.74) is 2.50. The summed E-state index contributed by atoms with van der Waals surface area (Å²) in [5.74, 6) is 1.10. The van der Waals surface area contributed by atoms with Gasteiger partial charge in [-0.1, -0.05) is 13.8 Å². The van der Waals surface area contributed by atoms with E-state index in [1.807, 2.05) is 0 Å². The van der Waals surface area contributed by atoms with Crippen LogP contribution in [0.1, 0.15) is 45.4 Å². The molecule has 2 atom stereocenters. The molecule has 0 aliphatic carbocycles. The van der Waals surface area contributed by atoms with Crippen LogP contribution < -0.4 is 10.2 Å². The Bertz CT molecular complexity index is 440. The molecule has 118 valence electrons. The molecule has 2 unspecified atom stereocenters. The number of anilines is 1. The van der Waals surface area contributed by atoms with Crippen molar-refractivity contribution in [3.05, 3.63) is 23.4 Å². The number of aryl methyl sites for hydroxylation is 1. The SMILES string of the molecule is CCCNCc1cc(CC)nc(N2CC(C)OC(C)C2)c1. The third kappa shape index (κ3) is 4.68. The van der Waals surface area contributed by atoms with Crippen LogP contribution in [0.2, 0.25) is 0 Å². The van der Waals surface area contributed by atoms with Crippen LogP contribution in [0.3, 0.4) is 0 Å². The quantitative estimate of drug-likeness (QED) is 0.818. The lowest BCUT2D eigenvalue weighted by atomic mass is 10.1. The Hall–Kier alpha value is -1.13. The van der Waals surface area contributed by atoms with Crippen LogP contribution in [0.4, 0.5) is 5.82 Å². The highest BCUT2D eigenvalue weighted by Crippen LogP contribution is 2.20. The van der Waals surface area contributed by atoms with Gasteiger partial charge in [-0.25, -0.2) is 4.98 Å². The van der Waals surface area contributed by atoms with Gasteiger partial charge in [0.25, 0.3) is 0 Å². The third-order valence-corrected chi connectivity index (χ3v) is 3.79. The summed E-state index contributed by atoms with van der Waals surface area (Å²) < 4.78 is 5.82. The zero-order valence-electron chi connectivity index (χ0n) is 13.9. The van der Waals surface area contributed by atoms with E-state index >= 15 is 0 Å². The molecule has 4 nitrogen and oxygen atoms in total. The molecule has 0 spiro atoms. The molecule has 0 radical (unpaired) electrons. The smallest absolute Gasteiger partial charge is 0.129 e. The van der Waals surface area contributed by atoms with Crippen LogP contribution in [-0.4, -0.2) is 36.8 Å². The molecule has 1 aromatic heterocycles. The van der Waals surface area contributed by atoms with Crippen LogP contribution in [0, 0.1) is 0 Å². The number of ether oxygens (including phenoxy) is 1. The van der Waals surface area contributed by atoms with Gasteiger partial charge < -0.3 is 15.0 Å². The van der Waals surface area contributed by atoms with Gasteiger partial charge >= 0.3 is 0 Å². The van der Waals surface area contributed by atoms with E-state index in [0.717, 1.165) is 44.8 Å². The number of hydrogen-bond donors (Lipinski definition) is 1. The van der Waals surface area contributed by atoms with Crippen molar-refractivity contribution < 1.29 is 4.74 Å². The number of aromatic nitrogens is 1. The average molecular weight is 291 g/mol. The minimum atomic E-state index is 0.266. The Morgan fingerprint density at radius 2 is 1.95 bits per heavy atom. The van der Waals surface area contributed by atoms with Crippen LogP contribution in [-0.2, 0) is 17.7 Å². The first-order valence-corrected chi connectivity index (χ1v) is 8.23. The van der Waals surface area contributed by atoms with Gasteiger partial charge in [-0.05, 0) is 50.9 Å². The van der Waals surface area contributed by atoms with Gasteiger partial charge in [-0.2, -0.15) is 0 Å². The fourth-order valence-corrected chi connectivity index (χ4v) is 2.85. The monoisotopic (exact) mass is 291 g/mol. The molecule has 1 aliphatic rings. The van der Waals surface area contributed by atoms with Crippen LogP contribution in [0.15, 0.2) is 12.1 Å². The van der Waals surface area contributed by atoms with Crippen molar-refractivity contribution in [2.24, 2.45) is 0 Å². The van der Waals surface area contributed by atoms with Gasteiger partial charge in [-0.3, -0.25) is 0 Å². The highest BCUT2D eigenvalue weighted by Gasteiger charge is 2.23. The van der Waals surface area contributed by atoms with Crippen molar-refractivity contribution in [1.29, 1.82) is 0 Å². The zero-order chi connectivity index (χ0) is 15.2. The fourth-order valence-electron chi connectivity index (χ4n) is 2.85. The lowest BCUT2D eigenvalue weighted by Gasteiger charge is -2.36. The summed E-state index contributed by atoms with van der Waals surface area (Å²) in [6, 6.07) is 4.45. The molecule has 1 fully saturated rings. The molecule has 21 heavy (non-hydrogen) atoms. The van der Waals surface area contributed by atoms with Crippen molar-refractivity contribution in [1.82, 2.24) is 10.3 Å². The molecule has 1 N–H and O–H groups in total. The Kier molecular flexibility index (Phi) is 6.00. The molecule has 1 aliphatic heterocycles. The second kappa shape index (κ2) is 7.76. The molecule has 2 rings (SSSR count). The van der Waals surface area contributed by atoms with Gasteiger partial charge in [-0.15, -0.1) is 0 Å². The Balaban J connectivity index is 2.15. The summed E-state index contributed by atoms with van der Waals surface area (Å²) in [4.78, 5) is 7.18. The number of nitrogens with zero attached hydrogens (tertiary/aromatic N) is 2. The minimum absolute atomic E-state index is 0.266. The van der Waals surface area contributed by atoms with Crippen LogP contribution >= 0.6 is 0 Å². The first kappa shape index (κ1) is 16.2. The van der Waals surface area contributed by atoms with Gasteiger partial charge in [0.05, 0.1) is 12.2 Å². The Labute approximate surface area is 128 Å². The molecule has 0 amide bonds. The van der Waals surface area contributed by atoms with Crippen molar-refractivity contribution in [2.75, 3.05) is 24.5 Å². The summed E-state index contributed by atoms with van der Waals surface area (Å²) in [6.45, 7) is 12.5. The van der Waals surface area contributed by atoms with E-state index in [1.54, 1.807) is 0 Å². The largest absolute Gasteiger partial charge is 0.372 e. The number of pyridine rings is 1. The molecule has 1 saturated heterocycles. The number of rotatable bonds is 6. The number of nitrogens with one attached hydrogen (secondary N) is 1. The lowest BCUT2D eigenvalue weighted by Crippen LogP contribution is -2.46. The van der Waals surface area contributed by atoms with Crippen molar-refractivity contribution in [2.45, 2.75) is 59.3 Å². The molecule has 2 heterocycles. The van der Waals surface area contributed by atoms with Gasteiger partial charge in [0.1, 0.15) is 5.82 Å². The van der Waals surface area contributed by atoms with Crippen molar-refractivity contribution >= 4 is 5.82 Å². The van der Waals surface area contributed by atoms with E-state index in [-0.39, 0.29) is 12.2 Å². The maximum Gasteiger partial charge on any atom is 0.129 e. The maximum atomic E-state index is 5.82. The third-order valence-electron chi connectivity index (χ3n) is 3.79. The number of morpholine rings is 1. The molecule has 1 aromatic rings. The summed E-state index contributed by atoms with van der Waals surface area (Å²) in [7, 11) is 0. The first-order valence-electron chi connectivity index (χ1n) is 8.23. The second-order valence-electron chi connectivity index (χ2n) is 6.02. The second-order valence-corrected chi connectivity index (χ2v) is 6.02. The fraction of sp³-hybridized carbons (Fsp3) is 0.706. The Morgan fingerprint density at radius 1 is 1.24 bits per heavy atom. The average Bonchev–Trinajstić information content (AvgIpc) is 2.46. The lowest BCUT2D eigenvalue weighted by molar-refractivity contribution is -0.00547. The van der Waals surface area contributed by atoms with Crippen molar-refractivity contribution in [3.8, 4) is 0 Å². The Morgan fingerprint density at radius 3 is 2.57 bits per heavy atom. The van der Waals surface area contributed by atoms with E-state index in [1.165, 1.54) is 11.3 Å². The summed E-state index contributed by atoms with van der Waals surface area (Å²) >= 11 is 0. The predicted octanol–water partition coefficient (Wildman–Crippen LogP) is 2.76. The summed E-state index contributed by atoms with van der Waals surface area (Å²) in [5, 5.41) is 3.48. The standard InChI is InChI=1S/C17H29N3O/c1-5-7-18-10-15-8-16(6-2)19-17(9-15)20-11-13(3)21-14(4)12-20/h8-9,13-14,18H,5-7,10-12H2,1-4H3. The first-order chi connectivity index (χ1) is 10.1. The highest BCUT2D eigenvalue weighted by atomic mass is 16.5. The maximum absolute atomic E-state index is 5.82. The topological polar surface area (TPSA) is 37.4 Å². The van der Waals surface area contributed by atoms with Gasteiger partial charge in [0.2, 0.25) is 0 Å². The van der Waals surface area contributed by atoms with E-state index in [0.29, 0.717) is 0 Å². The van der Waals surface area contributed by atoms with Crippen LogP contribution in [0.5, 0.6) is 0 Å². The number of hydrogen-bond acceptors (Lipinski definition) is 4. The van der Waals surface area contributed by atoms with E-state index in [2.05, 4.69) is 50.0 Å². The summed E-state index contributed by atoms with van der Waals surface area (Å²) in [6.07, 6.45) is 2.67. The van der Waals surface area contributed by atoms with Crippen LogP contribution in [0.25, 0.3) is 0 Å². The van der Waals surface area contributed by atoms with E-state index in [4.69, 9.17) is 9.72 Å². The van der Waals surface area contributed by atoms with Gasteiger partial charge in [0, 0.05) is 25.3 Å². The molecular formula is C17H29N3O. The molecular weight excluding hydrogens is 262 g/mol. The zero-order valence-corrected chi connectivity index (χ0v) is 13.9. The highest BCUT2D eigenvalue weighted by molar-refractivity contribution is 5.43. The van der Waals surface area contributed by atoms with E-state index < -0.39 is 0 Å². The molecule has 0 bridgehead atoms. The molecule has 0 aromatic carbocycles. The molecule has 4 heteroatoms. The normalized spacial score (nSPS) is 22.6. The van der Waals surface area contributed by atoms with E-state index in [9.17, 15) is 0 Å². The predicted molar refractivity (Wildman–Crippen MR) is 87.8 cm³/mol.